The monoisotopic (exact) mass is 702 g/mol. The number of hydrogen-bond acceptors (Lipinski definition) is 6. The number of ketones is 6. The molecule has 2 bridgehead atoms. The molecule has 1 saturated carbocycles. The molecule has 6 heteroatoms. The van der Waals surface area contributed by atoms with E-state index in [1.807, 2.05) is 54.5 Å². The molecule has 0 N–H and O–H groups in total. The van der Waals surface area contributed by atoms with Gasteiger partial charge in [-0.1, -0.05) is 55.6 Å². The number of carbonyl (C=O) groups excluding carboxylic acids is 6. The first-order valence-corrected chi connectivity index (χ1v) is 19.0. The van der Waals surface area contributed by atoms with Gasteiger partial charge in [-0.25, -0.2) is 0 Å². The Bertz CT molecular complexity index is 1540. The van der Waals surface area contributed by atoms with Crippen LogP contribution in [0.25, 0.3) is 0 Å². The van der Waals surface area contributed by atoms with E-state index in [9.17, 15) is 28.8 Å². The largest absolute Gasteiger partial charge is 0.298 e. The summed E-state index contributed by atoms with van der Waals surface area (Å²) >= 11 is 0. The Kier molecular flexibility index (Phi) is 15.5. The van der Waals surface area contributed by atoms with Crippen LogP contribution in [0.5, 0.6) is 0 Å². The van der Waals surface area contributed by atoms with E-state index in [0.717, 1.165) is 56.4 Å². The second-order valence-corrected chi connectivity index (χ2v) is 17.9. The minimum absolute atomic E-state index is 0.0185. The van der Waals surface area contributed by atoms with Crippen molar-refractivity contribution in [2.75, 3.05) is 0 Å². The van der Waals surface area contributed by atoms with Gasteiger partial charge in [-0.2, -0.15) is 0 Å². The maximum atomic E-state index is 11.9. The minimum Gasteiger partial charge on any atom is -0.298 e. The molecule has 0 radical (unpaired) electrons. The summed E-state index contributed by atoms with van der Waals surface area (Å²) in [5.41, 5.74) is 4.75. The van der Waals surface area contributed by atoms with Crippen LogP contribution in [-0.2, 0) is 28.8 Å². The molecule has 0 aromatic carbocycles. The van der Waals surface area contributed by atoms with Crippen molar-refractivity contribution in [3.8, 4) is 0 Å². The predicted octanol–water partition coefficient (Wildman–Crippen LogP) is 10.3. The Labute approximate surface area is 308 Å². The zero-order valence-corrected chi connectivity index (χ0v) is 34.0. The van der Waals surface area contributed by atoms with Crippen LogP contribution in [-0.4, -0.2) is 34.7 Å². The van der Waals surface area contributed by atoms with Gasteiger partial charge in [0.25, 0.3) is 0 Å². The van der Waals surface area contributed by atoms with Crippen molar-refractivity contribution in [2.45, 2.75) is 148 Å². The lowest BCUT2D eigenvalue weighted by Gasteiger charge is -2.36. The number of carbonyl (C=O) groups is 6. The Hall–Kier alpha value is -3.28. The van der Waals surface area contributed by atoms with Crippen molar-refractivity contribution < 1.29 is 28.8 Å². The number of fused-ring (bicyclic) bond motifs is 2. The van der Waals surface area contributed by atoms with Crippen LogP contribution in [0, 0.1) is 39.9 Å². The average molecular weight is 703 g/mol. The third kappa shape index (κ3) is 12.7. The highest BCUT2D eigenvalue weighted by molar-refractivity contribution is 6.16. The summed E-state index contributed by atoms with van der Waals surface area (Å²) in [7, 11) is 0. The summed E-state index contributed by atoms with van der Waals surface area (Å²) in [4.78, 5) is 67.3. The highest BCUT2D eigenvalue weighted by Gasteiger charge is 2.47. The average Bonchev–Trinajstić information content (AvgIpc) is 3.45. The summed E-state index contributed by atoms with van der Waals surface area (Å²) in [6.45, 7) is 25.6. The molecule has 1 fully saturated rings. The summed E-state index contributed by atoms with van der Waals surface area (Å²) in [5, 5.41) is 0. The third-order valence-electron chi connectivity index (χ3n) is 11.5. The molecule has 6 aliphatic rings. The van der Waals surface area contributed by atoms with Gasteiger partial charge in [-0.05, 0) is 155 Å². The fourth-order valence-corrected chi connectivity index (χ4v) is 7.71. The topological polar surface area (TPSA) is 102 Å². The first-order chi connectivity index (χ1) is 23.4. The van der Waals surface area contributed by atoms with E-state index >= 15 is 0 Å². The Morgan fingerprint density at radius 3 is 1.63 bits per heavy atom. The van der Waals surface area contributed by atoms with Crippen molar-refractivity contribution in [1.29, 1.82) is 0 Å². The SMILES string of the molecule is CC1=CC(=O)C(C)(C)C(=O)C1(C)C.CC1=CC(=O)C(C)CC1C.CC1=CC(=O)C2CCC1C2.CC1=CC(=O)CC(C)(C)C1.CC1=CC(=O)CCC1. The van der Waals surface area contributed by atoms with Gasteiger partial charge in [-0.15, -0.1) is 0 Å². The fourth-order valence-electron chi connectivity index (χ4n) is 7.71. The summed E-state index contributed by atoms with van der Waals surface area (Å²) in [6, 6.07) is 0. The van der Waals surface area contributed by atoms with Crippen LogP contribution >= 0.6 is 0 Å². The molecule has 0 heterocycles. The van der Waals surface area contributed by atoms with Gasteiger partial charge in [0.1, 0.15) is 0 Å². The minimum atomic E-state index is -0.844. The lowest BCUT2D eigenvalue weighted by Crippen LogP contribution is -2.45. The molecule has 0 amide bonds. The smallest absolute Gasteiger partial charge is 0.168 e. The Morgan fingerprint density at radius 1 is 0.549 bits per heavy atom. The van der Waals surface area contributed by atoms with Crippen molar-refractivity contribution in [1.82, 2.24) is 0 Å². The van der Waals surface area contributed by atoms with Gasteiger partial charge in [0.05, 0.1) is 5.41 Å². The predicted molar refractivity (Wildman–Crippen MR) is 207 cm³/mol. The summed E-state index contributed by atoms with van der Waals surface area (Å²) in [5.74, 6) is 3.21. The number of Topliss-reactive ketones (excluding diaryl/α,β-unsaturated/α-hetero) is 1. The van der Waals surface area contributed by atoms with Crippen molar-refractivity contribution in [3.05, 3.63) is 58.2 Å². The molecule has 0 spiro atoms. The molecule has 6 rings (SSSR count). The molecule has 6 aliphatic carbocycles. The molecule has 51 heavy (non-hydrogen) atoms. The first-order valence-electron chi connectivity index (χ1n) is 19.0. The van der Waals surface area contributed by atoms with E-state index in [0.29, 0.717) is 35.6 Å². The summed E-state index contributed by atoms with van der Waals surface area (Å²) in [6.07, 6.45) is 18.0. The van der Waals surface area contributed by atoms with E-state index in [1.54, 1.807) is 38.2 Å². The molecule has 4 atom stereocenters. The zero-order valence-electron chi connectivity index (χ0n) is 34.0. The van der Waals surface area contributed by atoms with Gasteiger partial charge in [-0.3, -0.25) is 28.8 Å². The quantitative estimate of drug-likeness (QED) is 0.233. The molecule has 6 nitrogen and oxygen atoms in total. The highest BCUT2D eigenvalue weighted by Crippen LogP contribution is 2.41. The molecule has 4 unspecified atom stereocenters. The zero-order chi connectivity index (χ0) is 39.1. The first kappa shape index (κ1) is 43.9. The van der Waals surface area contributed by atoms with E-state index in [4.69, 9.17) is 0 Å². The van der Waals surface area contributed by atoms with Crippen molar-refractivity contribution in [2.24, 2.45) is 39.9 Å². The number of rotatable bonds is 0. The van der Waals surface area contributed by atoms with E-state index < -0.39 is 10.8 Å². The summed E-state index contributed by atoms with van der Waals surface area (Å²) < 4.78 is 0. The Balaban J connectivity index is 0.000000223. The van der Waals surface area contributed by atoms with E-state index in [1.165, 1.54) is 28.7 Å². The van der Waals surface area contributed by atoms with Gasteiger partial charge >= 0.3 is 0 Å². The highest BCUT2D eigenvalue weighted by atomic mass is 16.2. The lowest BCUT2D eigenvalue weighted by atomic mass is 9.64. The molecular formula is C45H66O6. The van der Waals surface area contributed by atoms with Crippen LogP contribution in [0.3, 0.4) is 0 Å². The maximum Gasteiger partial charge on any atom is 0.168 e. The lowest BCUT2D eigenvalue weighted by molar-refractivity contribution is -0.142. The van der Waals surface area contributed by atoms with E-state index in [2.05, 4.69) is 27.7 Å². The maximum absolute atomic E-state index is 11.9. The second-order valence-electron chi connectivity index (χ2n) is 17.9. The van der Waals surface area contributed by atoms with Crippen LogP contribution in [0.1, 0.15) is 148 Å². The van der Waals surface area contributed by atoms with Crippen LogP contribution in [0.15, 0.2) is 58.2 Å². The van der Waals surface area contributed by atoms with E-state index in [-0.39, 0.29) is 28.7 Å². The molecule has 0 aromatic rings. The van der Waals surface area contributed by atoms with Crippen LogP contribution in [0.4, 0.5) is 0 Å². The third-order valence-corrected chi connectivity index (χ3v) is 11.5. The number of hydrogen-bond donors (Lipinski definition) is 0. The fraction of sp³-hybridized carbons (Fsp3) is 0.644. The molecule has 0 aromatic heterocycles. The van der Waals surface area contributed by atoms with Gasteiger partial charge in [0, 0.05) is 30.1 Å². The molecule has 0 aliphatic heterocycles. The van der Waals surface area contributed by atoms with Crippen LogP contribution in [0.2, 0.25) is 0 Å². The number of allylic oxidation sites excluding steroid dienone is 10. The van der Waals surface area contributed by atoms with Crippen molar-refractivity contribution in [3.63, 3.8) is 0 Å². The second kappa shape index (κ2) is 18.0. The van der Waals surface area contributed by atoms with Crippen molar-refractivity contribution >= 4 is 34.7 Å². The standard InChI is InChI=1S/C11H16O2.C9H12O.2C9H14O.C7H10O/c1-7-6-8(12)11(4,5)9(13)10(7,2)3;1-6-4-9(10)8-3-2-7(6)5-8;1-7-4-8(10)6-9(2,3)5-7;1-6-4-8(3)9(10)5-7(6)2;1-6-3-2-4-7(8)5-6/h6H,1-5H3;4,7-8H,2-3,5H2,1H3;4H,5-6H2,1-3H3;5-6,8H,4H2,1-3H3;5H,2-4H2,1H3. The van der Waals surface area contributed by atoms with Gasteiger partial charge < -0.3 is 0 Å². The van der Waals surface area contributed by atoms with Crippen LogP contribution < -0.4 is 0 Å². The Morgan fingerprint density at radius 2 is 1.12 bits per heavy atom. The molecule has 282 valence electrons. The van der Waals surface area contributed by atoms with Gasteiger partial charge in [0.2, 0.25) is 0 Å². The normalized spacial score (nSPS) is 28.7. The molecular weight excluding hydrogens is 636 g/mol. The van der Waals surface area contributed by atoms with Gasteiger partial charge in [0.15, 0.2) is 34.7 Å². The molecule has 0 saturated heterocycles.